The summed E-state index contributed by atoms with van der Waals surface area (Å²) in [5.41, 5.74) is 0.698. The van der Waals surface area contributed by atoms with Crippen molar-refractivity contribution in [1.82, 2.24) is 15.5 Å². The largest absolute Gasteiger partial charge is 0.314 e. The van der Waals surface area contributed by atoms with Crippen LogP contribution in [-0.4, -0.2) is 38.1 Å². The standard InChI is InChI=1S/C12H17BrFN3/c1-15-12(17-6-4-16-5-7-17)10-8-9(13)2-3-11(10)14/h2-3,8,12,15-16H,4-7H2,1H3. The third-order valence-electron chi connectivity index (χ3n) is 3.04. The highest BCUT2D eigenvalue weighted by Gasteiger charge is 2.23. The second kappa shape index (κ2) is 5.91. The van der Waals surface area contributed by atoms with Crippen molar-refractivity contribution in [1.29, 1.82) is 0 Å². The number of rotatable bonds is 3. The molecule has 2 rings (SSSR count). The number of hydrogen-bond donors (Lipinski definition) is 2. The van der Waals surface area contributed by atoms with Crippen molar-refractivity contribution in [3.63, 3.8) is 0 Å². The Morgan fingerprint density at radius 2 is 2.12 bits per heavy atom. The summed E-state index contributed by atoms with van der Waals surface area (Å²) >= 11 is 3.39. The van der Waals surface area contributed by atoms with E-state index < -0.39 is 0 Å². The monoisotopic (exact) mass is 301 g/mol. The molecule has 0 spiro atoms. The van der Waals surface area contributed by atoms with E-state index >= 15 is 0 Å². The van der Waals surface area contributed by atoms with Crippen LogP contribution in [0.1, 0.15) is 11.7 Å². The lowest BCUT2D eigenvalue weighted by molar-refractivity contribution is 0.150. The molecule has 1 heterocycles. The number of nitrogens with one attached hydrogen (secondary N) is 2. The predicted molar refractivity (Wildman–Crippen MR) is 70.3 cm³/mol. The third kappa shape index (κ3) is 3.04. The molecule has 0 amide bonds. The molecule has 5 heteroatoms. The van der Waals surface area contributed by atoms with Crippen LogP contribution in [-0.2, 0) is 0 Å². The van der Waals surface area contributed by atoms with Gasteiger partial charge in [-0.15, -0.1) is 0 Å². The Hall–Kier alpha value is -0.490. The molecule has 0 saturated carbocycles. The van der Waals surface area contributed by atoms with Gasteiger partial charge in [-0.2, -0.15) is 0 Å². The summed E-state index contributed by atoms with van der Waals surface area (Å²) in [6.07, 6.45) is -0.0606. The molecule has 1 unspecified atom stereocenters. The normalized spacial score (nSPS) is 19.2. The van der Waals surface area contributed by atoms with Gasteiger partial charge in [-0.1, -0.05) is 15.9 Å². The molecule has 3 nitrogen and oxygen atoms in total. The maximum Gasteiger partial charge on any atom is 0.129 e. The molecule has 2 N–H and O–H groups in total. The van der Waals surface area contributed by atoms with Crippen molar-refractivity contribution in [2.75, 3.05) is 33.2 Å². The lowest BCUT2D eigenvalue weighted by Crippen LogP contribution is -2.48. The van der Waals surface area contributed by atoms with E-state index in [1.165, 1.54) is 6.07 Å². The van der Waals surface area contributed by atoms with Crippen LogP contribution in [0.25, 0.3) is 0 Å². The van der Waals surface area contributed by atoms with Gasteiger partial charge in [0.15, 0.2) is 0 Å². The van der Waals surface area contributed by atoms with Gasteiger partial charge in [0.2, 0.25) is 0 Å². The van der Waals surface area contributed by atoms with Crippen molar-refractivity contribution in [3.05, 3.63) is 34.1 Å². The Balaban J connectivity index is 2.24. The number of benzene rings is 1. The highest BCUT2D eigenvalue weighted by Crippen LogP contribution is 2.24. The van der Waals surface area contributed by atoms with Crippen molar-refractivity contribution in [2.24, 2.45) is 0 Å². The van der Waals surface area contributed by atoms with Crippen molar-refractivity contribution in [2.45, 2.75) is 6.17 Å². The molecule has 0 aromatic heterocycles. The Morgan fingerprint density at radius 1 is 1.41 bits per heavy atom. The van der Waals surface area contributed by atoms with Crippen molar-refractivity contribution < 1.29 is 4.39 Å². The predicted octanol–water partition coefficient (Wildman–Crippen LogP) is 1.71. The first-order chi connectivity index (χ1) is 8.22. The average Bonchev–Trinajstić information content (AvgIpc) is 2.36. The first-order valence-corrected chi connectivity index (χ1v) is 6.58. The topological polar surface area (TPSA) is 27.3 Å². The summed E-state index contributed by atoms with van der Waals surface area (Å²) < 4.78 is 14.8. The first-order valence-electron chi connectivity index (χ1n) is 5.79. The Morgan fingerprint density at radius 3 is 2.76 bits per heavy atom. The van der Waals surface area contributed by atoms with Crippen LogP contribution in [0, 0.1) is 5.82 Å². The SMILES string of the molecule is CNC(c1cc(Br)ccc1F)N1CCNCC1. The van der Waals surface area contributed by atoms with Crippen LogP contribution >= 0.6 is 15.9 Å². The Labute approximate surface area is 110 Å². The molecule has 1 aromatic rings. The van der Waals surface area contributed by atoms with Crippen LogP contribution < -0.4 is 10.6 Å². The number of piperazine rings is 1. The average molecular weight is 302 g/mol. The van der Waals surface area contributed by atoms with E-state index in [0.29, 0.717) is 5.56 Å². The molecule has 0 aliphatic carbocycles. The minimum Gasteiger partial charge on any atom is -0.314 e. The van der Waals surface area contributed by atoms with Gasteiger partial charge in [-0.25, -0.2) is 4.39 Å². The quantitative estimate of drug-likeness (QED) is 0.890. The molecule has 1 aromatic carbocycles. The molecule has 1 saturated heterocycles. The summed E-state index contributed by atoms with van der Waals surface area (Å²) in [6.45, 7) is 3.76. The Kier molecular flexibility index (Phi) is 4.50. The smallest absolute Gasteiger partial charge is 0.129 e. The fourth-order valence-corrected chi connectivity index (χ4v) is 2.58. The number of nitrogens with zero attached hydrogens (tertiary/aromatic N) is 1. The molecule has 1 aliphatic rings. The number of hydrogen-bond acceptors (Lipinski definition) is 3. The molecule has 0 radical (unpaired) electrons. The molecule has 94 valence electrons. The van der Waals surface area contributed by atoms with Crippen molar-refractivity contribution >= 4 is 15.9 Å². The molecule has 0 bridgehead atoms. The van der Waals surface area contributed by atoms with E-state index in [-0.39, 0.29) is 12.0 Å². The van der Waals surface area contributed by atoms with E-state index in [0.717, 1.165) is 30.7 Å². The number of halogens is 2. The summed E-state index contributed by atoms with van der Waals surface area (Å²) in [5.74, 6) is -0.161. The summed E-state index contributed by atoms with van der Waals surface area (Å²) in [5, 5.41) is 6.49. The Bertz CT molecular complexity index is 380. The first kappa shape index (κ1) is 13.0. The van der Waals surface area contributed by atoms with Crippen LogP contribution in [0.4, 0.5) is 4.39 Å². The van der Waals surface area contributed by atoms with Gasteiger partial charge >= 0.3 is 0 Å². The summed E-state index contributed by atoms with van der Waals surface area (Å²) in [6, 6.07) is 5.08. The zero-order valence-corrected chi connectivity index (χ0v) is 11.4. The highest BCUT2D eigenvalue weighted by molar-refractivity contribution is 9.10. The maximum absolute atomic E-state index is 13.9. The van der Waals surface area contributed by atoms with E-state index in [9.17, 15) is 4.39 Å². The second-order valence-electron chi connectivity index (χ2n) is 4.14. The van der Waals surface area contributed by atoms with Crippen LogP contribution in [0.3, 0.4) is 0 Å². The van der Waals surface area contributed by atoms with E-state index in [2.05, 4.69) is 31.5 Å². The summed E-state index contributed by atoms with van der Waals surface area (Å²) in [7, 11) is 1.87. The van der Waals surface area contributed by atoms with Crippen LogP contribution in [0.5, 0.6) is 0 Å². The molecular formula is C12H17BrFN3. The minimum atomic E-state index is -0.161. The molecule has 1 aliphatic heterocycles. The lowest BCUT2D eigenvalue weighted by atomic mass is 10.1. The van der Waals surface area contributed by atoms with Gasteiger partial charge in [0, 0.05) is 36.2 Å². The maximum atomic E-state index is 13.9. The van der Waals surface area contributed by atoms with E-state index in [4.69, 9.17) is 0 Å². The van der Waals surface area contributed by atoms with Gasteiger partial charge in [-0.05, 0) is 25.2 Å². The van der Waals surface area contributed by atoms with Crippen LogP contribution in [0.2, 0.25) is 0 Å². The molecule has 1 atom stereocenters. The van der Waals surface area contributed by atoms with Gasteiger partial charge in [-0.3, -0.25) is 4.90 Å². The fourth-order valence-electron chi connectivity index (χ4n) is 2.20. The van der Waals surface area contributed by atoms with E-state index in [1.807, 2.05) is 13.1 Å². The fraction of sp³-hybridized carbons (Fsp3) is 0.500. The van der Waals surface area contributed by atoms with Gasteiger partial charge in [0.1, 0.15) is 5.82 Å². The zero-order valence-electron chi connectivity index (χ0n) is 9.84. The second-order valence-corrected chi connectivity index (χ2v) is 5.06. The zero-order chi connectivity index (χ0) is 12.3. The van der Waals surface area contributed by atoms with Crippen LogP contribution in [0.15, 0.2) is 22.7 Å². The molecule has 1 fully saturated rings. The molecular weight excluding hydrogens is 285 g/mol. The van der Waals surface area contributed by atoms with E-state index in [1.54, 1.807) is 6.07 Å². The van der Waals surface area contributed by atoms with Gasteiger partial charge in [0.25, 0.3) is 0 Å². The van der Waals surface area contributed by atoms with Crippen molar-refractivity contribution in [3.8, 4) is 0 Å². The lowest BCUT2D eigenvalue weighted by Gasteiger charge is -2.35. The van der Waals surface area contributed by atoms with Gasteiger partial charge in [0.05, 0.1) is 6.17 Å². The minimum absolute atomic E-state index is 0.0606. The molecule has 17 heavy (non-hydrogen) atoms. The highest BCUT2D eigenvalue weighted by atomic mass is 79.9. The summed E-state index contributed by atoms with van der Waals surface area (Å²) in [4.78, 5) is 2.25. The van der Waals surface area contributed by atoms with Gasteiger partial charge < -0.3 is 10.6 Å². The third-order valence-corrected chi connectivity index (χ3v) is 3.54.